The molecule has 0 aromatic heterocycles. The largest absolute Gasteiger partial charge is 0.416 e. The molecule has 2 unspecified atom stereocenters. The molecule has 4 aromatic carbocycles. The molecule has 52 heavy (non-hydrogen) atoms. The molecule has 2 heterocycles. The van der Waals surface area contributed by atoms with Gasteiger partial charge in [0.1, 0.15) is 11.6 Å². The number of hydrogen-bond acceptors (Lipinski definition) is 5. The van der Waals surface area contributed by atoms with Crippen molar-refractivity contribution in [2.75, 3.05) is 75.2 Å². The first-order valence-electron chi connectivity index (χ1n) is 17.1. The molecule has 0 spiro atoms. The molecule has 0 N–H and O–H groups in total. The van der Waals surface area contributed by atoms with E-state index in [4.69, 9.17) is 0 Å². The van der Waals surface area contributed by atoms with Crippen molar-refractivity contribution in [1.82, 2.24) is 9.80 Å². The van der Waals surface area contributed by atoms with Crippen LogP contribution < -0.4 is 9.80 Å². The molecule has 0 radical (unpaired) electrons. The lowest BCUT2D eigenvalue weighted by Crippen LogP contribution is -2.50. The number of halogens is 8. The summed E-state index contributed by atoms with van der Waals surface area (Å²) in [6.07, 6.45) is -8.95. The van der Waals surface area contributed by atoms with Crippen molar-refractivity contribution in [1.29, 1.82) is 0 Å². The predicted octanol–water partition coefficient (Wildman–Crippen LogP) is 8.08. The molecular weight excluding hydrogens is 692 g/mol. The Morgan fingerprint density at radius 3 is 1.23 bits per heavy atom. The van der Waals surface area contributed by atoms with Crippen LogP contribution in [0.1, 0.15) is 34.1 Å². The summed E-state index contributed by atoms with van der Waals surface area (Å²) < 4.78 is 111. The Kier molecular flexibility index (Phi) is 11.2. The summed E-state index contributed by atoms with van der Waals surface area (Å²) in [6.45, 7) is 3.35. The number of benzene rings is 4. The second-order valence-electron chi connectivity index (χ2n) is 13.2. The molecular formula is C39H38F8N4O. The van der Waals surface area contributed by atoms with Crippen LogP contribution in [0, 0.1) is 11.6 Å². The van der Waals surface area contributed by atoms with Gasteiger partial charge in [-0.1, -0.05) is 48.5 Å². The van der Waals surface area contributed by atoms with Gasteiger partial charge in [-0.15, -0.1) is 0 Å². The Balaban J connectivity index is 1.20. The number of piperazine rings is 2. The number of hydrogen-bond donors (Lipinski definition) is 0. The van der Waals surface area contributed by atoms with Gasteiger partial charge in [-0.05, 0) is 59.7 Å². The highest BCUT2D eigenvalue weighted by Gasteiger charge is 2.37. The van der Waals surface area contributed by atoms with E-state index in [1.807, 2.05) is 19.6 Å². The van der Waals surface area contributed by atoms with Crippen molar-refractivity contribution in [3.8, 4) is 0 Å². The zero-order valence-corrected chi connectivity index (χ0v) is 28.2. The second-order valence-corrected chi connectivity index (χ2v) is 13.2. The van der Waals surface area contributed by atoms with Crippen molar-refractivity contribution in [2.45, 2.75) is 24.2 Å². The quantitative estimate of drug-likeness (QED) is 0.154. The average Bonchev–Trinajstić information content (AvgIpc) is 3.13. The first-order chi connectivity index (χ1) is 24.8. The summed E-state index contributed by atoms with van der Waals surface area (Å²) in [6, 6.07) is 22.2. The number of rotatable bonds is 10. The maximum atomic E-state index is 15.5. The normalized spacial score (nSPS) is 17.6. The molecule has 5 nitrogen and oxygen atoms in total. The van der Waals surface area contributed by atoms with Crippen molar-refractivity contribution in [3.05, 3.63) is 131 Å². The van der Waals surface area contributed by atoms with Crippen molar-refractivity contribution in [2.24, 2.45) is 0 Å². The summed E-state index contributed by atoms with van der Waals surface area (Å²) in [4.78, 5) is 22.3. The third kappa shape index (κ3) is 8.75. The van der Waals surface area contributed by atoms with E-state index in [0.717, 1.165) is 24.3 Å². The Hall–Kier alpha value is -4.49. The van der Waals surface area contributed by atoms with E-state index in [2.05, 4.69) is 0 Å². The van der Waals surface area contributed by atoms with E-state index in [0.29, 0.717) is 63.7 Å². The summed E-state index contributed by atoms with van der Waals surface area (Å²) >= 11 is 0. The van der Waals surface area contributed by atoms with Gasteiger partial charge in [0.15, 0.2) is 5.78 Å². The summed E-state index contributed by atoms with van der Waals surface area (Å²) in [5.74, 6) is -3.51. The van der Waals surface area contributed by atoms with Crippen LogP contribution in [0.25, 0.3) is 0 Å². The van der Waals surface area contributed by atoms with Crippen LogP contribution in [-0.4, -0.2) is 81.0 Å². The van der Waals surface area contributed by atoms with Crippen LogP contribution in [0.2, 0.25) is 0 Å². The molecule has 2 saturated heterocycles. The molecule has 2 atom stereocenters. The third-order valence-electron chi connectivity index (χ3n) is 9.95. The molecule has 2 aliphatic rings. The Labute approximate surface area is 297 Å². The highest BCUT2D eigenvalue weighted by Crippen LogP contribution is 2.35. The van der Waals surface area contributed by atoms with Gasteiger partial charge in [-0.2, -0.15) is 26.3 Å². The highest BCUT2D eigenvalue weighted by atomic mass is 19.4. The zero-order valence-electron chi connectivity index (χ0n) is 28.2. The van der Waals surface area contributed by atoms with E-state index in [1.54, 1.807) is 36.4 Å². The second kappa shape index (κ2) is 15.6. The Morgan fingerprint density at radius 1 is 0.519 bits per heavy atom. The molecule has 0 saturated carbocycles. The van der Waals surface area contributed by atoms with Gasteiger partial charge in [0.05, 0.1) is 23.0 Å². The summed E-state index contributed by atoms with van der Waals surface area (Å²) in [5.41, 5.74) is -0.275. The van der Waals surface area contributed by atoms with Gasteiger partial charge < -0.3 is 9.80 Å². The van der Waals surface area contributed by atoms with Gasteiger partial charge in [0.25, 0.3) is 0 Å². The minimum Gasteiger partial charge on any atom is -0.369 e. The Morgan fingerprint density at radius 2 is 0.885 bits per heavy atom. The topological polar surface area (TPSA) is 30.0 Å². The van der Waals surface area contributed by atoms with Gasteiger partial charge in [0, 0.05) is 76.8 Å². The van der Waals surface area contributed by atoms with Crippen molar-refractivity contribution >= 4 is 17.2 Å². The van der Waals surface area contributed by atoms with Crippen LogP contribution >= 0.6 is 0 Å². The van der Waals surface area contributed by atoms with Crippen LogP contribution in [-0.2, 0) is 17.1 Å². The number of nitrogens with zero attached hydrogens (tertiary/aromatic N) is 4. The lowest BCUT2D eigenvalue weighted by Gasteiger charge is -2.39. The third-order valence-corrected chi connectivity index (χ3v) is 9.95. The first kappa shape index (κ1) is 37.3. The molecule has 2 fully saturated rings. The average molecular weight is 731 g/mol. The molecule has 2 aliphatic heterocycles. The van der Waals surface area contributed by atoms with E-state index in [-0.39, 0.29) is 30.0 Å². The van der Waals surface area contributed by atoms with Crippen LogP contribution in [0.4, 0.5) is 46.5 Å². The van der Waals surface area contributed by atoms with Crippen molar-refractivity contribution < 1.29 is 39.9 Å². The fourth-order valence-corrected chi connectivity index (χ4v) is 7.09. The predicted molar refractivity (Wildman–Crippen MR) is 183 cm³/mol. The van der Waals surface area contributed by atoms with E-state index >= 15 is 8.78 Å². The number of alkyl halides is 6. The molecule has 0 aliphatic carbocycles. The van der Waals surface area contributed by atoms with Gasteiger partial charge in [-0.3, -0.25) is 14.6 Å². The Bertz CT molecular complexity index is 1700. The monoisotopic (exact) mass is 730 g/mol. The minimum atomic E-state index is -4.48. The van der Waals surface area contributed by atoms with Crippen LogP contribution in [0.3, 0.4) is 0 Å². The molecule has 13 heteroatoms. The molecule has 6 rings (SSSR count). The lowest BCUT2D eigenvalue weighted by molar-refractivity contribution is -0.138. The zero-order chi connectivity index (χ0) is 37.0. The number of carbonyl (C=O) groups is 1. The summed E-state index contributed by atoms with van der Waals surface area (Å²) in [7, 11) is 0. The molecule has 0 bridgehead atoms. The van der Waals surface area contributed by atoms with Gasteiger partial charge in [-0.25, -0.2) is 8.78 Å². The SMILES string of the molecule is O=C(C(CN1CCN(c2cccc(C(F)(F)F)c2)CC1)c1ccccc1F)C(CN1CCN(c2cccc(C(F)(F)F)c2)CC1)c1ccccc1F. The highest BCUT2D eigenvalue weighted by molar-refractivity contribution is 5.92. The standard InChI is InChI=1S/C39H38F8N4O/c40-35-13-3-1-11-31(35)33(25-48-15-19-50(20-16-48)29-9-5-7-27(23-29)38(42,43)44)37(52)34(32-12-2-4-14-36(32)41)26-49-17-21-51(22-18-49)30-10-6-8-28(24-30)39(45,46)47/h1-14,23-24,33-34H,15-22,25-26H2. The maximum Gasteiger partial charge on any atom is 0.416 e. The molecule has 0 amide bonds. The molecule has 4 aromatic rings. The van der Waals surface area contributed by atoms with Crippen molar-refractivity contribution in [3.63, 3.8) is 0 Å². The van der Waals surface area contributed by atoms with Gasteiger partial charge in [0.2, 0.25) is 0 Å². The number of carbonyl (C=O) groups excluding carboxylic acids is 1. The number of ketones is 1. The fraction of sp³-hybridized carbons (Fsp3) is 0.359. The summed E-state index contributed by atoms with van der Waals surface area (Å²) in [5, 5.41) is 0. The number of Topliss-reactive ketones (excluding diaryl/α,β-unsaturated/α-hetero) is 1. The van der Waals surface area contributed by atoms with Gasteiger partial charge >= 0.3 is 12.4 Å². The minimum absolute atomic E-state index is 0.116. The lowest BCUT2D eigenvalue weighted by atomic mass is 9.82. The van der Waals surface area contributed by atoms with E-state index < -0.39 is 46.9 Å². The smallest absolute Gasteiger partial charge is 0.369 e. The fourth-order valence-electron chi connectivity index (χ4n) is 7.09. The van der Waals surface area contributed by atoms with Crippen LogP contribution in [0.15, 0.2) is 97.1 Å². The number of anilines is 2. The van der Waals surface area contributed by atoms with Crippen LogP contribution in [0.5, 0.6) is 0 Å². The van der Waals surface area contributed by atoms with E-state index in [9.17, 15) is 31.1 Å². The molecule has 276 valence electrons. The maximum absolute atomic E-state index is 15.5. The van der Waals surface area contributed by atoms with E-state index in [1.165, 1.54) is 36.4 Å². The first-order valence-corrected chi connectivity index (χ1v) is 17.1.